The van der Waals surface area contributed by atoms with Gasteiger partial charge in [0, 0.05) is 19.7 Å². The van der Waals surface area contributed by atoms with Crippen molar-refractivity contribution in [2.45, 2.75) is 25.3 Å². The fraction of sp³-hybridized carbons (Fsp3) is 0.818. The van der Waals surface area contributed by atoms with E-state index < -0.39 is 5.91 Å². The highest BCUT2D eigenvalue weighted by atomic mass is 16.5. The molecular formula is C11H21N3O3. The SMILES string of the molecule is COCCC(=O)N(CC(N)=O)C1CCCNC1. The van der Waals surface area contributed by atoms with E-state index in [1.54, 1.807) is 12.0 Å². The van der Waals surface area contributed by atoms with Crippen molar-refractivity contribution in [3.8, 4) is 0 Å². The molecule has 0 aromatic heterocycles. The van der Waals surface area contributed by atoms with Gasteiger partial charge < -0.3 is 20.7 Å². The van der Waals surface area contributed by atoms with Crippen molar-refractivity contribution in [2.75, 3.05) is 33.4 Å². The zero-order chi connectivity index (χ0) is 12.7. The quantitative estimate of drug-likeness (QED) is 0.632. The largest absolute Gasteiger partial charge is 0.384 e. The Bertz CT molecular complexity index is 265. The van der Waals surface area contributed by atoms with Crippen molar-refractivity contribution in [1.29, 1.82) is 0 Å². The number of piperidine rings is 1. The lowest BCUT2D eigenvalue weighted by Gasteiger charge is -2.34. The first-order chi connectivity index (χ1) is 8.15. The molecule has 98 valence electrons. The van der Waals surface area contributed by atoms with E-state index in [4.69, 9.17) is 10.5 Å². The van der Waals surface area contributed by atoms with Crippen LogP contribution in [0, 0.1) is 0 Å². The molecule has 6 heteroatoms. The first kappa shape index (κ1) is 13.9. The van der Waals surface area contributed by atoms with E-state index in [0.717, 1.165) is 25.9 Å². The Kier molecular flexibility index (Phi) is 5.93. The molecule has 1 atom stereocenters. The monoisotopic (exact) mass is 243 g/mol. The number of rotatable bonds is 6. The molecular weight excluding hydrogens is 222 g/mol. The summed E-state index contributed by atoms with van der Waals surface area (Å²) in [5.74, 6) is -0.541. The van der Waals surface area contributed by atoms with Crippen LogP contribution >= 0.6 is 0 Å². The minimum atomic E-state index is -0.471. The number of hydrogen-bond donors (Lipinski definition) is 2. The lowest BCUT2D eigenvalue weighted by atomic mass is 10.1. The van der Waals surface area contributed by atoms with E-state index in [-0.39, 0.29) is 18.5 Å². The molecule has 3 N–H and O–H groups in total. The Balaban J connectivity index is 2.57. The van der Waals surface area contributed by atoms with Crippen LogP contribution in [0.25, 0.3) is 0 Å². The van der Waals surface area contributed by atoms with E-state index in [1.807, 2.05) is 0 Å². The molecule has 0 bridgehead atoms. The zero-order valence-corrected chi connectivity index (χ0v) is 10.3. The van der Waals surface area contributed by atoms with Crippen LogP contribution in [-0.4, -0.2) is 56.1 Å². The summed E-state index contributed by atoms with van der Waals surface area (Å²) in [7, 11) is 1.55. The second kappa shape index (κ2) is 7.24. The van der Waals surface area contributed by atoms with Crippen molar-refractivity contribution in [1.82, 2.24) is 10.2 Å². The number of methoxy groups -OCH3 is 1. The third-order valence-corrected chi connectivity index (χ3v) is 2.88. The van der Waals surface area contributed by atoms with E-state index in [0.29, 0.717) is 13.0 Å². The Hall–Kier alpha value is -1.14. The molecule has 1 aliphatic heterocycles. The highest BCUT2D eigenvalue weighted by Gasteiger charge is 2.26. The number of nitrogens with two attached hydrogens (primary N) is 1. The first-order valence-corrected chi connectivity index (χ1v) is 5.92. The van der Waals surface area contributed by atoms with Gasteiger partial charge in [0.05, 0.1) is 19.6 Å². The number of nitrogens with zero attached hydrogens (tertiary/aromatic N) is 1. The summed E-state index contributed by atoms with van der Waals surface area (Å²) in [4.78, 5) is 24.5. The Morgan fingerprint density at radius 2 is 2.29 bits per heavy atom. The van der Waals surface area contributed by atoms with Gasteiger partial charge in [0.1, 0.15) is 0 Å². The molecule has 1 saturated heterocycles. The molecule has 0 spiro atoms. The Labute approximate surface area is 101 Å². The summed E-state index contributed by atoms with van der Waals surface area (Å²) in [6, 6.07) is 0.0700. The van der Waals surface area contributed by atoms with Gasteiger partial charge in [0.15, 0.2) is 0 Å². The molecule has 1 unspecified atom stereocenters. The topological polar surface area (TPSA) is 84.7 Å². The molecule has 0 aliphatic carbocycles. The molecule has 2 amide bonds. The van der Waals surface area contributed by atoms with Crippen LogP contribution < -0.4 is 11.1 Å². The first-order valence-electron chi connectivity index (χ1n) is 5.92. The minimum Gasteiger partial charge on any atom is -0.384 e. The second-order valence-electron chi connectivity index (χ2n) is 4.23. The van der Waals surface area contributed by atoms with Crippen molar-refractivity contribution in [2.24, 2.45) is 5.73 Å². The second-order valence-corrected chi connectivity index (χ2v) is 4.23. The van der Waals surface area contributed by atoms with Crippen LogP contribution in [0.15, 0.2) is 0 Å². The minimum absolute atomic E-state index is 0.00507. The van der Waals surface area contributed by atoms with Gasteiger partial charge in [-0.25, -0.2) is 0 Å². The van der Waals surface area contributed by atoms with E-state index >= 15 is 0 Å². The summed E-state index contributed by atoms with van der Waals surface area (Å²) >= 11 is 0. The predicted molar refractivity (Wildman–Crippen MR) is 63.3 cm³/mol. The van der Waals surface area contributed by atoms with Crippen LogP contribution in [0.2, 0.25) is 0 Å². The van der Waals surface area contributed by atoms with Gasteiger partial charge in [-0.1, -0.05) is 0 Å². The van der Waals surface area contributed by atoms with Gasteiger partial charge in [-0.05, 0) is 19.4 Å². The van der Waals surface area contributed by atoms with Crippen LogP contribution in [0.4, 0.5) is 0 Å². The smallest absolute Gasteiger partial charge is 0.237 e. The maximum Gasteiger partial charge on any atom is 0.237 e. The highest BCUT2D eigenvalue weighted by Crippen LogP contribution is 2.11. The van der Waals surface area contributed by atoms with E-state index in [9.17, 15) is 9.59 Å². The number of carbonyl (C=O) groups is 2. The van der Waals surface area contributed by atoms with Crippen molar-refractivity contribution < 1.29 is 14.3 Å². The molecule has 6 nitrogen and oxygen atoms in total. The molecule has 0 radical (unpaired) electrons. The summed E-state index contributed by atoms with van der Waals surface area (Å²) in [6.45, 7) is 2.06. The molecule has 1 heterocycles. The lowest BCUT2D eigenvalue weighted by Crippen LogP contribution is -2.51. The number of carbonyl (C=O) groups excluding carboxylic acids is 2. The van der Waals surface area contributed by atoms with Crippen molar-refractivity contribution in [3.05, 3.63) is 0 Å². The normalized spacial score (nSPS) is 19.9. The fourth-order valence-electron chi connectivity index (χ4n) is 2.02. The summed E-state index contributed by atoms with van der Waals surface area (Å²) in [5.41, 5.74) is 5.18. The Morgan fingerprint density at radius 3 is 2.82 bits per heavy atom. The van der Waals surface area contributed by atoms with Gasteiger partial charge in [-0.15, -0.1) is 0 Å². The third-order valence-electron chi connectivity index (χ3n) is 2.88. The van der Waals surface area contributed by atoms with Gasteiger partial charge in [-0.2, -0.15) is 0 Å². The van der Waals surface area contributed by atoms with Crippen molar-refractivity contribution >= 4 is 11.8 Å². The van der Waals surface area contributed by atoms with Crippen LogP contribution in [0.1, 0.15) is 19.3 Å². The lowest BCUT2D eigenvalue weighted by molar-refractivity contribution is -0.138. The number of primary amides is 1. The van der Waals surface area contributed by atoms with Crippen molar-refractivity contribution in [3.63, 3.8) is 0 Å². The van der Waals surface area contributed by atoms with Crippen LogP contribution in [0.5, 0.6) is 0 Å². The molecule has 0 saturated carbocycles. The molecule has 0 aromatic carbocycles. The van der Waals surface area contributed by atoms with Gasteiger partial charge >= 0.3 is 0 Å². The molecule has 0 aromatic rings. The predicted octanol–water partition coefficient (Wildman–Crippen LogP) is -0.911. The molecule has 1 fully saturated rings. The average molecular weight is 243 g/mol. The van der Waals surface area contributed by atoms with Gasteiger partial charge in [0.25, 0.3) is 0 Å². The fourth-order valence-corrected chi connectivity index (χ4v) is 2.02. The van der Waals surface area contributed by atoms with E-state index in [1.165, 1.54) is 0 Å². The zero-order valence-electron chi connectivity index (χ0n) is 10.3. The number of nitrogens with one attached hydrogen (secondary N) is 1. The maximum atomic E-state index is 11.9. The third kappa shape index (κ3) is 4.70. The van der Waals surface area contributed by atoms with Gasteiger partial charge in [0.2, 0.25) is 11.8 Å². The summed E-state index contributed by atoms with van der Waals surface area (Å²) < 4.78 is 4.88. The average Bonchev–Trinajstić information content (AvgIpc) is 2.34. The van der Waals surface area contributed by atoms with E-state index in [2.05, 4.69) is 5.32 Å². The maximum absolute atomic E-state index is 11.9. The molecule has 17 heavy (non-hydrogen) atoms. The van der Waals surface area contributed by atoms with Gasteiger partial charge in [-0.3, -0.25) is 9.59 Å². The summed E-state index contributed by atoms with van der Waals surface area (Å²) in [5, 5.41) is 3.22. The number of hydrogen-bond acceptors (Lipinski definition) is 4. The number of ether oxygens (including phenoxy) is 1. The highest BCUT2D eigenvalue weighted by molar-refractivity contribution is 5.84. The molecule has 1 rings (SSSR count). The number of amides is 2. The summed E-state index contributed by atoms with van der Waals surface area (Å²) in [6.07, 6.45) is 2.22. The Morgan fingerprint density at radius 1 is 1.53 bits per heavy atom. The van der Waals surface area contributed by atoms with Crippen LogP contribution in [-0.2, 0) is 14.3 Å². The molecule has 1 aliphatic rings. The standard InChI is InChI=1S/C11H21N3O3/c1-17-6-4-11(16)14(8-10(12)15)9-3-2-5-13-7-9/h9,13H,2-8H2,1H3,(H2,12,15). The van der Waals surface area contributed by atoms with Crippen LogP contribution in [0.3, 0.4) is 0 Å².